The molecule has 0 spiro atoms. The average molecular weight is 331 g/mol. The van der Waals surface area contributed by atoms with Gasteiger partial charge in [0, 0.05) is 11.2 Å². The van der Waals surface area contributed by atoms with E-state index in [-0.39, 0.29) is 10.7 Å². The topological polar surface area (TPSA) is 26.3 Å². The summed E-state index contributed by atoms with van der Waals surface area (Å²) in [5, 5.41) is 0. The minimum Gasteiger partial charge on any atom is -0.466 e. The quantitative estimate of drug-likeness (QED) is 0.216. The van der Waals surface area contributed by atoms with Gasteiger partial charge in [0.05, 0.1) is 6.61 Å². The van der Waals surface area contributed by atoms with Crippen LogP contribution in [0, 0.1) is 0 Å². The van der Waals surface area contributed by atoms with Crippen LogP contribution in [0.2, 0.25) is 0 Å². The first-order chi connectivity index (χ1) is 10.5. The molecule has 0 aliphatic heterocycles. The van der Waals surface area contributed by atoms with E-state index in [0.717, 1.165) is 19.3 Å². The molecule has 132 valence electrons. The van der Waals surface area contributed by atoms with Crippen LogP contribution < -0.4 is 0 Å². The fraction of sp³-hybridized carbons (Fsp3) is 0.947. The van der Waals surface area contributed by atoms with E-state index in [1.54, 1.807) is 0 Å². The second kappa shape index (κ2) is 14.4. The van der Waals surface area contributed by atoms with Crippen molar-refractivity contribution in [3.8, 4) is 0 Å². The van der Waals surface area contributed by atoms with Gasteiger partial charge in [-0.15, -0.1) is 0 Å². The Labute approximate surface area is 144 Å². The fourth-order valence-electron chi connectivity index (χ4n) is 2.42. The van der Waals surface area contributed by atoms with Crippen LogP contribution in [0.5, 0.6) is 0 Å². The van der Waals surface area contributed by atoms with Crippen molar-refractivity contribution >= 4 is 18.6 Å². The summed E-state index contributed by atoms with van der Waals surface area (Å²) in [6.07, 6.45) is 15.7. The van der Waals surface area contributed by atoms with Crippen LogP contribution in [-0.2, 0) is 9.53 Å². The number of carbonyl (C=O) groups is 1. The smallest absolute Gasteiger partial charge is 0.305 e. The second-order valence-corrected chi connectivity index (χ2v) is 8.28. The van der Waals surface area contributed by atoms with Gasteiger partial charge in [0.15, 0.2) is 0 Å². The van der Waals surface area contributed by atoms with E-state index < -0.39 is 0 Å². The lowest BCUT2D eigenvalue weighted by atomic mass is 10.1. The molecule has 0 N–H and O–H groups in total. The molecule has 0 radical (unpaired) electrons. The lowest BCUT2D eigenvalue weighted by Crippen LogP contribution is -2.16. The highest BCUT2D eigenvalue weighted by Gasteiger charge is 2.12. The van der Waals surface area contributed by atoms with Gasteiger partial charge < -0.3 is 4.74 Å². The van der Waals surface area contributed by atoms with Gasteiger partial charge in [0.25, 0.3) is 0 Å². The van der Waals surface area contributed by atoms with Crippen LogP contribution in [0.25, 0.3) is 0 Å². The Bertz CT molecular complexity index is 259. The lowest BCUT2D eigenvalue weighted by Gasteiger charge is -2.16. The largest absolute Gasteiger partial charge is 0.466 e. The van der Waals surface area contributed by atoms with E-state index in [1.165, 1.54) is 57.8 Å². The molecule has 0 atom stereocenters. The monoisotopic (exact) mass is 330 g/mol. The maximum atomic E-state index is 11.5. The van der Waals surface area contributed by atoms with Crippen molar-refractivity contribution in [2.75, 3.05) is 6.61 Å². The van der Waals surface area contributed by atoms with Gasteiger partial charge in [-0.25, -0.2) is 0 Å². The van der Waals surface area contributed by atoms with E-state index in [9.17, 15) is 4.79 Å². The van der Waals surface area contributed by atoms with Crippen molar-refractivity contribution in [1.82, 2.24) is 0 Å². The molecule has 0 aromatic rings. The normalized spacial score (nSPS) is 11.6. The highest BCUT2D eigenvalue weighted by atomic mass is 32.1. The lowest BCUT2D eigenvalue weighted by molar-refractivity contribution is -0.144. The van der Waals surface area contributed by atoms with Gasteiger partial charge in [-0.05, 0) is 12.8 Å². The molecule has 0 heterocycles. The molecule has 0 bridgehead atoms. The van der Waals surface area contributed by atoms with Gasteiger partial charge in [0.2, 0.25) is 0 Å². The van der Waals surface area contributed by atoms with E-state index in [1.807, 2.05) is 13.8 Å². The zero-order chi connectivity index (χ0) is 16.7. The number of esters is 1. The van der Waals surface area contributed by atoms with Crippen molar-refractivity contribution in [2.24, 2.45) is 0 Å². The summed E-state index contributed by atoms with van der Waals surface area (Å²) in [6.45, 7) is 6.83. The van der Waals surface area contributed by atoms with Gasteiger partial charge in [-0.2, -0.15) is 12.6 Å². The Morgan fingerprint density at radius 3 is 1.77 bits per heavy atom. The van der Waals surface area contributed by atoms with Crippen LogP contribution in [-0.4, -0.2) is 17.3 Å². The molecule has 0 aromatic heterocycles. The number of hydrogen-bond acceptors (Lipinski definition) is 3. The molecule has 0 saturated carbocycles. The fourth-order valence-corrected chi connectivity index (χ4v) is 2.51. The Balaban J connectivity index is 3.20. The van der Waals surface area contributed by atoms with E-state index >= 15 is 0 Å². The minimum absolute atomic E-state index is 0.0477. The van der Waals surface area contributed by atoms with Crippen molar-refractivity contribution in [1.29, 1.82) is 0 Å². The summed E-state index contributed by atoms with van der Waals surface area (Å²) in [6, 6.07) is 0. The maximum absolute atomic E-state index is 11.5. The summed E-state index contributed by atoms with van der Waals surface area (Å²) in [5.74, 6) is -0.0477. The molecule has 0 rings (SSSR count). The zero-order valence-corrected chi connectivity index (χ0v) is 16.1. The standard InChI is InChI=1S/C19H38O2S/c1-4-5-6-7-8-9-10-11-12-13-14-15-18(20)21-17-16-19(2,3)22/h22H,4-17H2,1-3H3. The summed E-state index contributed by atoms with van der Waals surface area (Å²) < 4.78 is 5.16. The van der Waals surface area contributed by atoms with E-state index in [0.29, 0.717) is 13.0 Å². The second-order valence-electron chi connectivity index (χ2n) is 7.07. The molecule has 0 unspecified atom stereocenters. The first-order valence-electron chi connectivity index (χ1n) is 9.33. The summed E-state index contributed by atoms with van der Waals surface area (Å²) in [7, 11) is 0. The molecule has 2 nitrogen and oxygen atoms in total. The van der Waals surface area contributed by atoms with Gasteiger partial charge >= 0.3 is 5.97 Å². The highest BCUT2D eigenvalue weighted by Crippen LogP contribution is 2.17. The zero-order valence-electron chi connectivity index (χ0n) is 15.2. The molecular formula is C19H38O2S. The van der Waals surface area contributed by atoms with Crippen LogP contribution >= 0.6 is 12.6 Å². The predicted molar refractivity (Wildman–Crippen MR) is 99.7 cm³/mol. The van der Waals surface area contributed by atoms with Crippen molar-refractivity contribution in [2.45, 2.75) is 109 Å². The highest BCUT2D eigenvalue weighted by molar-refractivity contribution is 7.81. The van der Waals surface area contributed by atoms with E-state index in [2.05, 4.69) is 19.6 Å². The summed E-state index contributed by atoms with van der Waals surface area (Å²) in [5.41, 5.74) is 0. The van der Waals surface area contributed by atoms with Crippen LogP contribution in [0.4, 0.5) is 0 Å². The molecule has 0 aliphatic carbocycles. The Hall–Kier alpha value is -0.180. The number of thiol groups is 1. The Morgan fingerprint density at radius 2 is 1.32 bits per heavy atom. The number of unbranched alkanes of at least 4 members (excludes halogenated alkanes) is 10. The molecule has 0 fully saturated rings. The number of ether oxygens (including phenoxy) is 1. The number of carbonyl (C=O) groups excluding carboxylic acids is 1. The molecule has 0 aromatic carbocycles. The molecule has 0 amide bonds. The third-order valence-electron chi connectivity index (χ3n) is 3.96. The Morgan fingerprint density at radius 1 is 0.864 bits per heavy atom. The van der Waals surface area contributed by atoms with E-state index in [4.69, 9.17) is 4.74 Å². The SMILES string of the molecule is CCCCCCCCCCCCCC(=O)OCCC(C)(C)S. The number of hydrogen-bond donors (Lipinski definition) is 1. The molecule has 0 aliphatic rings. The van der Waals surface area contributed by atoms with Crippen LogP contribution in [0.1, 0.15) is 104 Å². The number of rotatable bonds is 15. The van der Waals surface area contributed by atoms with Crippen molar-refractivity contribution in [3.63, 3.8) is 0 Å². The molecule has 3 heteroatoms. The predicted octanol–water partition coefficient (Wildman–Crippen LogP) is 6.33. The van der Waals surface area contributed by atoms with Gasteiger partial charge in [-0.3, -0.25) is 4.79 Å². The molecular weight excluding hydrogens is 292 g/mol. The third-order valence-corrected chi connectivity index (χ3v) is 4.18. The first-order valence-corrected chi connectivity index (χ1v) is 9.78. The summed E-state index contributed by atoms with van der Waals surface area (Å²) in [4.78, 5) is 11.5. The molecule has 0 saturated heterocycles. The molecule has 22 heavy (non-hydrogen) atoms. The third kappa shape index (κ3) is 17.9. The average Bonchev–Trinajstić information content (AvgIpc) is 2.43. The maximum Gasteiger partial charge on any atom is 0.305 e. The van der Waals surface area contributed by atoms with Crippen LogP contribution in [0.3, 0.4) is 0 Å². The van der Waals surface area contributed by atoms with Crippen LogP contribution in [0.15, 0.2) is 0 Å². The van der Waals surface area contributed by atoms with Gasteiger partial charge in [-0.1, -0.05) is 85.0 Å². The van der Waals surface area contributed by atoms with Gasteiger partial charge in [0.1, 0.15) is 0 Å². The first kappa shape index (κ1) is 21.8. The minimum atomic E-state index is -0.0587. The van der Waals surface area contributed by atoms with Crippen molar-refractivity contribution in [3.05, 3.63) is 0 Å². The summed E-state index contributed by atoms with van der Waals surface area (Å²) >= 11 is 4.42. The Kier molecular flexibility index (Phi) is 14.3. The van der Waals surface area contributed by atoms with Crippen molar-refractivity contribution < 1.29 is 9.53 Å².